The van der Waals surface area contributed by atoms with Gasteiger partial charge in [0.25, 0.3) is 5.91 Å². The quantitative estimate of drug-likeness (QED) is 0.413. The summed E-state index contributed by atoms with van der Waals surface area (Å²) in [5, 5.41) is 5.79. The van der Waals surface area contributed by atoms with Crippen molar-refractivity contribution in [2.75, 3.05) is 25.1 Å². The number of fused-ring (bicyclic) bond motifs is 1. The Morgan fingerprint density at radius 1 is 1.31 bits per heavy atom. The molecule has 2 aromatic rings. The Morgan fingerprint density at radius 3 is 2.86 bits per heavy atom. The minimum absolute atomic E-state index is 0.279. The van der Waals surface area contributed by atoms with Gasteiger partial charge in [-0.25, -0.2) is 9.98 Å². The Bertz CT molecular complexity index is 1160. The average Bonchev–Trinajstić information content (AvgIpc) is 3.40. The van der Waals surface area contributed by atoms with Gasteiger partial charge in [-0.05, 0) is 49.1 Å². The molecule has 0 radical (unpaired) electrons. The summed E-state index contributed by atoms with van der Waals surface area (Å²) in [6.07, 6.45) is 9.76. The Hall–Kier alpha value is -3.88. The topological polar surface area (TPSA) is 124 Å². The molecule has 0 unspecified atom stereocenters. The number of allylic oxidation sites excluding steroid dienone is 1. The number of hydrogen-bond donors (Lipinski definition) is 4. The molecular weight excluding hydrogens is 456 g/mol. The molecule has 9 nitrogen and oxygen atoms in total. The number of benzene rings is 1. The van der Waals surface area contributed by atoms with Gasteiger partial charge in [-0.15, -0.1) is 0 Å². The second kappa shape index (κ2) is 11.7. The summed E-state index contributed by atoms with van der Waals surface area (Å²) in [6, 6.07) is 8.78. The molecule has 2 heterocycles. The van der Waals surface area contributed by atoms with E-state index in [9.17, 15) is 9.59 Å². The molecule has 2 amide bonds. The average molecular weight is 492 g/mol. The van der Waals surface area contributed by atoms with Crippen molar-refractivity contribution in [1.82, 2.24) is 15.6 Å². The summed E-state index contributed by atoms with van der Waals surface area (Å²) in [5.41, 5.74) is 9.35. The predicted octanol–water partition coefficient (Wildman–Crippen LogP) is 1.30. The Kier molecular flexibility index (Phi) is 8.20. The lowest BCUT2D eigenvalue weighted by molar-refractivity contribution is -0.413. The van der Waals surface area contributed by atoms with E-state index in [0.29, 0.717) is 42.6 Å². The second-order valence-electron chi connectivity index (χ2n) is 9.34. The number of amides is 2. The molecule has 9 heteroatoms. The molecule has 1 aromatic carbocycles. The molecular formula is C27H35N6O3+. The number of anilines is 2. The van der Waals surface area contributed by atoms with E-state index in [1.54, 1.807) is 25.5 Å². The van der Waals surface area contributed by atoms with Crippen molar-refractivity contribution in [3.63, 3.8) is 0 Å². The Balaban J connectivity index is 1.53. The van der Waals surface area contributed by atoms with Crippen molar-refractivity contribution in [3.05, 3.63) is 59.6 Å². The van der Waals surface area contributed by atoms with E-state index in [4.69, 9.17) is 10.5 Å². The number of rotatable bonds is 8. The van der Waals surface area contributed by atoms with Crippen LogP contribution in [0.3, 0.4) is 0 Å². The number of nitrogens with zero attached hydrogens (tertiary/aromatic N) is 2. The number of hydrogen-bond acceptors (Lipinski definition) is 6. The standard InChI is InChI=1S/C27H34N6O3/c1-18-12-24-27(30-16-18)36-11-10-33(24)22-9-5-8-20(14-22)25(34)32-23(13-19-6-3-4-7-19)26(35)31-21(15-28)17-29-2/h5,8-9,12,14-17,19,23H,3-4,6-7,10-11,13,28H2,1-2H3,(H,31,35)(H,32,34)/p+1/b21-15+,29-17?/t23-/m0/s1. The zero-order valence-electron chi connectivity index (χ0n) is 20.9. The summed E-state index contributed by atoms with van der Waals surface area (Å²) in [4.78, 5) is 35.8. The van der Waals surface area contributed by atoms with Gasteiger partial charge in [-0.2, -0.15) is 0 Å². The van der Waals surface area contributed by atoms with Gasteiger partial charge in [0.1, 0.15) is 31.1 Å². The van der Waals surface area contributed by atoms with E-state index in [2.05, 4.69) is 25.5 Å². The first kappa shape index (κ1) is 25.2. The van der Waals surface area contributed by atoms with Crippen molar-refractivity contribution >= 4 is 29.4 Å². The van der Waals surface area contributed by atoms with Crippen molar-refractivity contribution in [3.8, 4) is 5.88 Å². The molecule has 1 saturated carbocycles. The normalized spacial score (nSPS) is 16.9. The highest BCUT2D eigenvalue weighted by molar-refractivity contribution is 5.99. The zero-order valence-corrected chi connectivity index (χ0v) is 20.9. The summed E-state index contributed by atoms with van der Waals surface area (Å²) in [7, 11) is 1.73. The van der Waals surface area contributed by atoms with Crippen LogP contribution < -0.4 is 31.0 Å². The molecule has 0 saturated heterocycles. The van der Waals surface area contributed by atoms with Crippen molar-refractivity contribution in [2.24, 2.45) is 11.7 Å². The highest BCUT2D eigenvalue weighted by atomic mass is 16.5. The van der Waals surface area contributed by atoms with E-state index in [1.165, 1.54) is 6.20 Å². The fraction of sp³-hybridized carbons (Fsp3) is 0.407. The molecule has 1 atom stereocenters. The maximum atomic E-state index is 13.3. The number of carbonyl (C=O) groups excluding carboxylic acids is 2. The highest BCUT2D eigenvalue weighted by Crippen LogP contribution is 2.36. The summed E-state index contributed by atoms with van der Waals surface area (Å²) in [6.45, 7) is 3.13. The van der Waals surface area contributed by atoms with Crippen LogP contribution >= 0.6 is 0 Å². The van der Waals surface area contributed by atoms with Gasteiger partial charge in [0, 0.05) is 23.6 Å². The first-order valence-corrected chi connectivity index (χ1v) is 12.5. The number of ether oxygens (including phenoxy) is 1. The molecule has 1 aliphatic carbocycles. The van der Waals surface area contributed by atoms with E-state index in [-0.39, 0.29) is 11.8 Å². The number of carbonyl (C=O) groups is 2. The molecule has 1 aliphatic heterocycles. The smallest absolute Gasteiger partial charge is 0.252 e. The van der Waals surface area contributed by atoms with Crippen LogP contribution in [0.4, 0.5) is 11.4 Å². The summed E-state index contributed by atoms with van der Waals surface area (Å²) < 4.78 is 5.71. The van der Waals surface area contributed by atoms with Gasteiger partial charge >= 0.3 is 0 Å². The largest absolute Gasteiger partial charge is 0.474 e. The van der Waals surface area contributed by atoms with Gasteiger partial charge in [-0.3, -0.25) is 9.59 Å². The minimum atomic E-state index is -0.666. The van der Waals surface area contributed by atoms with Crippen LogP contribution in [0, 0.1) is 12.8 Å². The summed E-state index contributed by atoms with van der Waals surface area (Å²) in [5.74, 6) is 0.420. The van der Waals surface area contributed by atoms with Crippen molar-refractivity contribution in [1.29, 1.82) is 0 Å². The van der Waals surface area contributed by atoms with E-state index < -0.39 is 6.04 Å². The third-order valence-electron chi connectivity index (χ3n) is 6.65. The Morgan fingerprint density at radius 2 is 2.11 bits per heavy atom. The van der Waals surface area contributed by atoms with Crippen LogP contribution in [0.15, 0.2) is 48.4 Å². The number of nitrogens with two attached hydrogens (primary N) is 1. The molecule has 0 spiro atoms. The number of aromatic nitrogens is 1. The molecule has 36 heavy (non-hydrogen) atoms. The van der Waals surface area contributed by atoms with Crippen LogP contribution in [-0.2, 0) is 4.79 Å². The van der Waals surface area contributed by atoms with Crippen LogP contribution in [-0.4, -0.2) is 49.3 Å². The van der Waals surface area contributed by atoms with E-state index >= 15 is 0 Å². The van der Waals surface area contributed by atoms with Gasteiger partial charge in [-0.1, -0.05) is 31.7 Å². The first-order valence-electron chi connectivity index (χ1n) is 12.5. The molecule has 190 valence electrons. The molecule has 4 rings (SSSR count). The third-order valence-corrected chi connectivity index (χ3v) is 6.65. The molecule has 5 N–H and O–H groups in total. The van der Waals surface area contributed by atoms with Crippen molar-refractivity contribution < 1.29 is 19.3 Å². The molecule has 1 fully saturated rings. The lowest BCUT2D eigenvalue weighted by Crippen LogP contribution is -2.64. The van der Waals surface area contributed by atoms with Gasteiger partial charge in [0.2, 0.25) is 11.8 Å². The van der Waals surface area contributed by atoms with Gasteiger partial charge in [0.05, 0.1) is 6.54 Å². The Labute approximate surface area is 211 Å². The number of nitrogens with one attached hydrogen (secondary N) is 3. The van der Waals surface area contributed by atoms with Crippen LogP contribution in [0.1, 0.15) is 48.0 Å². The first-order chi connectivity index (χ1) is 17.5. The van der Waals surface area contributed by atoms with E-state index in [1.807, 2.05) is 31.2 Å². The summed E-state index contributed by atoms with van der Waals surface area (Å²) >= 11 is 0. The molecule has 1 aromatic heterocycles. The number of aryl methyl sites for hydroxylation is 1. The van der Waals surface area contributed by atoms with Gasteiger partial charge in [0.15, 0.2) is 6.21 Å². The number of pyridine rings is 1. The van der Waals surface area contributed by atoms with Crippen LogP contribution in [0.5, 0.6) is 5.88 Å². The predicted molar refractivity (Wildman–Crippen MR) is 139 cm³/mol. The third kappa shape index (κ3) is 6.02. The molecule has 0 bridgehead atoms. The fourth-order valence-corrected chi connectivity index (χ4v) is 4.85. The minimum Gasteiger partial charge on any atom is -0.474 e. The maximum Gasteiger partial charge on any atom is 0.252 e. The maximum absolute atomic E-state index is 13.3. The van der Waals surface area contributed by atoms with Crippen LogP contribution in [0.2, 0.25) is 0 Å². The fourth-order valence-electron chi connectivity index (χ4n) is 4.85. The highest BCUT2D eigenvalue weighted by Gasteiger charge is 2.28. The van der Waals surface area contributed by atoms with E-state index in [0.717, 1.165) is 42.6 Å². The van der Waals surface area contributed by atoms with Crippen molar-refractivity contribution in [2.45, 2.75) is 45.1 Å². The van der Waals surface area contributed by atoms with Crippen LogP contribution in [0.25, 0.3) is 0 Å². The second-order valence-corrected chi connectivity index (χ2v) is 9.34. The monoisotopic (exact) mass is 491 g/mol. The SMILES string of the molecule is C[NH+]=C/C(=C\N)NC(=O)[C@H](CC1CCCC1)NC(=O)c1cccc(N2CCOc3ncc(C)cc32)c1. The lowest BCUT2D eigenvalue weighted by atomic mass is 9.97. The molecule has 2 aliphatic rings. The lowest BCUT2D eigenvalue weighted by Gasteiger charge is -2.31. The van der Waals surface area contributed by atoms with Gasteiger partial charge < -0.3 is 26.0 Å². The zero-order chi connectivity index (χ0) is 25.5.